The van der Waals surface area contributed by atoms with Crippen LogP contribution in [-0.4, -0.2) is 38.7 Å². The standard InChI is InChI=1S/C20H22N4O2S/c1-23-18(16-11-8-14-26-16)21-22-20(23)27-17(15-9-4-2-5-10-15)19(25)24-12-6-3-7-13-24/h2,4-5,8-11,14,17H,3,6-7,12-13H2,1H3. The molecule has 0 saturated carbocycles. The molecular weight excluding hydrogens is 360 g/mol. The first-order chi connectivity index (χ1) is 13.2. The Balaban J connectivity index is 1.63. The molecule has 1 aromatic carbocycles. The van der Waals surface area contributed by atoms with E-state index in [4.69, 9.17) is 4.42 Å². The van der Waals surface area contributed by atoms with Gasteiger partial charge >= 0.3 is 0 Å². The number of rotatable bonds is 5. The Morgan fingerprint density at radius 3 is 2.56 bits per heavy atom. The van der Waals surface area contributed by atoms with Crippen LogP contribution in [0.25, 0.3) is 11.6 Å². The summed E-state index contributed by atoms with van der Waals surface area (Å²) in [7, 11) is 1.90. The molecule has 1 aliphatic heterocycles. The normalized spacial score (nSPS) is 15.7. The number of likely N-dealkylation sites (tertiary alicyclic amines) is 1. The molecule has 0 bridgehead atoms. The van der Waals surface area contributed by atoms with Gasteiger partial charge in [0, 0.05) is 20.1 Å². The van der Waals surface area contributed by atoms with Crippen molar-refractivity contribution in [1.82, 2.24) is 19.7 Å². The van der Waals surface area contributed by atoms with Gasteiger partial charge in [0.15, 0.2) is 16.7 Å². The number of hydrogen-bond donors (Lipinski definition) is 0. The summed E-state index contributed by atoms with van der Waals surface area (Å²) in [5.74, 6) is 1.46. The van der Waals surface area contributed by atoms with E-state index in [1.807, 2.05) is 59.0 Å². The largest absolute Gasteiger partial charge is 0.461 e. The summed E-state index contributed by atoms with van der Waals surface area (Å²) in [6.45, 7) is 1.67. The molecule has 0 N–H and O–H groups in total. The van der Waals surface area contributed by atoms with E-state index in [1.54, 1.807) is 6.26 Å². The van der Waals surface area contributed by atoms with Crippen LogP contribution >= 0.6 is 11.8 Å². The van der Waals surface area contributed by atoms with Gasteiger partial charge in [-0.25, -0.2) is 0 Å². The molecule has 0 aliphatic carbocycles. The average Bonchev–Trinajstić information content (AvgIpc) is 3.37. The SMILES string of the molecule is Cn1c(SC(C(=O)N2CCCCC2)c2ccccc2)nnc1-c1ccco1. The minimum atomic E-state index is -0.336. The third kappa shape index (κ3) is 3.78. The van der Waals surface area contributed by atoms with Gasteiger partial charge in [-0.05, 0) is 37.0 Å². The van der Waals surface area contributed by atoms with Crippen molar-refractivity contribution in [1.29, 1.82) is 0 Å². The highest BCUT2D eigenvalue weighted by atomic mass is 32.2. The fraction of sp³-hybridized carbons (Fsp3) is 0.350. The quantitative estimate of drug-likeness (QED) is 0.626. The Morgan fingerprint density at radius 2 is 1.85 bits per heavy atom. The molecule has 7 heteroatoms. The van der Waals surface area contributed by atoms with Gasteiger partial charge in [0.2, 0.25) is 5.91 Å². The number of amides is 1. The predicted octanol–water partition coefficient (Wildman–Crippen LogP) is 3.92. The Kier molecular flexibility index (Phi) is 5.29. The number of carbonyl (C=O) groups excluding carboxylic acids is 1. The van der Waals surface area contributed by atoms with E-state index in [2.05, 4.69) is 10.2 Å². The lowest BCUT2D eigenvalue weighted by atomic mass is 10.1. The lowest BCUT2D eigenvalue weighted by molar-refractivity contribution is -0.131. The van der Waals surface area contributed by atoms with Gasteiger partial charge in [-0.15, -0.1) is 10.2 Å². The molecule has 3 heterocycles. The van der Waals surface area contributed by atoms with Crippen molar-refractivity contribution >= 4 is 17.7 Å². The molecule has 0 spiro atoms. The van der Waals surface area contributed by atoms with Crippen LogP contribution in [-0.2, 0) is 11.8 Å². The summed E-state index contributed by atoms with van der Waals surface area (Å²) in [6.07, 6.45) is 4.96. The molecule has 1 amide bonds. The minimum Gasteiger partial charge on any atom is -0.461 e. The van der Waals surface area contributed by atoms with Crippen LogP contribution < -0.4 is 0 Å². The second-order valence-corrected chi connectivity index (χ2v) is 7.71. The van der Waals surface area contributed by atoms with Crippen LogP contribution in [0.4, 0.5) is 0 Å². The van der Waals surface area contributed by atoms with Gasteiger partial charge in [-0.1, -0.05) is 42.1 Å². The highest BCUT2D eigenvalue weighted by Crippen LogP contribution is 2.37. The number of thioether (sulfide) groups is 1. The summed E-state index contributed by atoms with van der Waals surface area (Å²) in [5, 5.41) is 8.92. The van der Waals surface area contributed by atoms with Gasteiger partial charge in [-0.3, -0.25) is 4.79 Å². The summed E-state index contributed by atoms with van der Waals surface area (Å²) >= 11 is 1.44. The van der Waals surface area contributed by atoms with Gasteiger partial charge in [0.1, 0.15) is 5.25 Å². The number of nitrogens with zero attached hydrogens (tertiary/aromatic N) is 4. The van der Waals surface area contributed by atoms with Crippen LogP contribution in [0.2, 0.25) is 0 Å². The van der Waals surface area contributed by atoms with Crippen LogP contribution in [0.5, 0.6) is 0 Å². The molecule has 1 unspecified atom stereocenters. The van der Waals surface area contributed by atoms with E-state index >= 15 is 0 Å². The molecule has 4 rings (SSSR count). The van der Waals surface area contributed by atoms with Gasteiger partial charge in [-0.2, -0.15) is 0 Å². The maximum absolute atomic E-state index is 13.3. The first-order valence-corrected chi connectivity index (χ1v) is 10.1. The zero-order chi connectivity index (χ0) is 18.6. The van der Waals surface area contributed by atoms with Crippen LogP contribution in [0, 0.1) is 0 Å². The van der Waals surface area contributed by atoms with Crippen LogP contribution in [0.1, 0.15) is 30.1 Å². The first kappa shape index (κ1) is 17.9. The van der Waals surface area contributed by atoms with E-state index in [9.17, 15) is 4.79 Å². The lowest BCUT2D eigenvalue weighted by Crippen LogP contribution is -2.38. The van der Waals surface area contributed by atoms with E-state index in [1.165, 1.54) is 18.2 Å². The van der Waals surface area contributed by atoms with Crippen molar-refractivity contribution < 1.29 is 9.21 Å². The van der Waals surface area contributed by atoms with Crippen LogP contribution in [0.3, 0.4) is 0 Å². The Morgan fingerprint density at radius 1 is 1.07 bits per heavy atom. The molecule has 0 radical (unpaired) electrons. The minimum absolute atomic E-state index is 0.147. The smallest absolute Gasteiger partial charge is 0.240 e. The lowest BCUT2D eigenvalue weighted by Gasteiger charge is -2.30. The van der Waals surface area contributed by atoms with Crippen molar-refractivity contribution in [2.24, 2.45) is 7.05 Å². The van der Waals surface area contributed by atoms with Crippen molar-refractivity contribution in [2.75, 3.05) is 13.1 Å². The topological polar surface area (TPSA) is 64.2 Å². The maximum atomic E-state index is 13.3. The molecule has 27 heavy (non-hydrogen) atoms. The Hall–Kier alpha value is -2.54. The fourth-order valence-electron chi connectivity index (χ4n) is 3.31. The van der Waals surface area contributed by atoms with Crippen LogP contribution in [0.15, 0.2) is 58.3 Å². The third-order valence-electron chi connectivity index (χ3n) is 4.79. The molecule has 1 atom stereocenters. The maximum Gasteiger partial charge on any atom is 0.240 e. The van der Waals surface area contributed by atoms with Gasteiger partial charge in [0.25, 0.3) is 0 Å². The molecule has 1 aliphatic rings. The summed E-state index contributed by atoms with van der Waals surface area (Å²) in [5.41, 5.74) is 0.987. The van der Waals surface area contributed by atoms with Crippen molar-refractivity contribution in [2.45, 2.75) is 29.7 Å². The van der Waals surface area contributed by atoms with E-state index < -0.39 is 0 Å². The van der Waals surface area contributed by atoms with Gasteiger partial charge < -0.3 is 13.9 Å². The molecule has 2 aromatic heterocycles. The number of piperidine rings is 1. The molecular formula is C20H22N4O2S. The number of benzene rings is 1. The second kappa shape index (κ2) is 8.00. The number of hydrogen-bond acceptors (Lipinski definition) is 5. The van der Waals surface area contributed by atoms with Crippen molar-refractivity contribution in [3.05, 3.63) is 54.3 Å². The number of aromatic nitrogens is 3. The Bertz CT molecular complexity index is 886. The van der Waals surface area contributed by atoms with Crippen molar-refractivity contribution in [3.63, 3.8) is 0 Å². The summed E-state index contributed by atoms with van der Waals surface area (Å²) < 4.78 is 7.32. The monoisotopic (exact) mass is 382 g/mol. The van der Waals surface area contributed by atoms with E-state index in [0.717, 1.165) is 31.5 Å². The first-order valence-electron chi connectivity index (χ1n) is 9.17. The van der Waals surface area contributed by atoms with E-state index in [-0.39, 0.29) is 11.2 Å². The Labute approximate surface area is 162 Å². The third-order valence-corrected chi connectivity index (χ3v) is 6.07. The number of furan rings is 1. The average molecular weight is 382 g/mol. The highest BCUT2D eigenvalue weighted by Gasteiger charge is 2.30. The summed E-state index contributed by atoms with van der Waals surface area (Å²) in [4.78, 5) is 15.3. The van der Waals surface area contributed by atoms with Gasteiger partial charge in [0.05, 0.1) is 6.26 Å². The molecule has 3 aromatic rings. The second-order valence-electron chi connectivity index (χ2n) is 6.64. The zero-order valence-corrected chi connectivity index (χ0v) is 16.1. The highest BCUT2D eigenvalue weighted by molar-refractivity contribution is 8.00. The molecule has 1 saturated heterocycles. The zero-order valence-electron chi connectivity index (χ0n) is 15.2. The van der Waals surface area contributed by atoms with E-state index in [0.29, 0.717) is 16.7 Å². The molecule has 6 nitrogen and oxygen atoms in total. The summed E-state index contributed by atoms with van der Waals surface area (Å²) in [6, 6.07) is 13.6. The molecule has 1 fully saturated rings. The fourth-order valence-corrected chi connectivity index (χ4v) is 4.40. The van der Waals surface area contributed by atoms with Crippen molar-refractivity contribution in [3.8, 4) is 11.6 Å². The number of carbonyl (C=O) groups is 1. The predicted molar refractivity (Wildman–Crippen MR) is 104 cm³/mol. The molecule has 140 valence electrons.